The van der Waals surface area contributed by atoms with Gasteiger partial charge in [-0.2, -0.15) is 11.8 Å². The fraction of sp³-hybridized carbons (Fsp3) is 0.643. The number of nitrogens with one attached hydrogen (secondary N) is 2. The van der Waals surface area contributed by atoms with Crippen molar-refractivity contribution in [3.05, 3.63) is 17.8 Å². The maximum Gasteiger partial charge on any atom is 0.271 e. The number of hydrogen-bond donors (Lipinski definition) is 2. The number of aromatic nitrogens is 2. The Kier molecular flexibility index (Phi) is 5.64. The van der Waals surface area contributed by atoms with Gasteiger partial charge in [-0.05, 0) is 38.2 Å². The molecular weight excluding hydrogens is 272 g/mol. The minimum atomic E-state index is -0.175. The molecule has 0 aromatic carbocycles. The molecule has 2 rings (SSSR count). The summed E-state index contributed by atoms with van der Waals surface area (Å²) >= 11 is 1.91. The van der Waals surface area contributed by atoms with E-state index in [-0.39, 0.29) is 5.91 Å². The summed E-state index contributed by atoms with van der Waals surface area (Å²) in [5.74, 6) is 0.579. The molecule has 20 heavy (non-hydrogen) atoms. The van der Waals surface area contributed by atoms with Crippen molar-refractivity contribution in [1.82, 2.24) is 15.5 Å². The molecule has 1 aliphatic carbocycles. The molecule has 1 aliphatic rings. The summed E-state index contributed by atoms with van der Waals surface area (Å²) in [6.07, 6.45) is 7.16. The van der Waals surface area contributed by atoms with Crippen LogP contribution in [-0.4, -0.2) is 40.2 Å². The highest BCUT2D eigenvalue weighted by molar-refractivity contribution is 7.99. The zero-order chi connectivity index (χ0) is 14.4. The predicted octanol–water partition coefficient (Wildman–Crippen LogP) is 2.31. The molecule has 1 aromatic heterocycles. The molecule has 1 heterocycles. The van der Waals surface area contributed by atoms with E-state index in [9.17, 15) is 4.79 Å². The topological polar surface area (TPSA) is 66.9 Å². The highest BCUT2D eigenvalue weighted by Crippen LogP contribution is 2.28. The molecule has 2 atom stereocenters. The standard InChI is InChI=1S/C14H22N4OS/c1-3-15-14(19)11-8-9-13(18-17-11)16-10-6-4-5-7-12(10)20-2/h8-10,12H,3-7H2,1-2H3,(H,15,19)(H,16,18). The first-order chi connectivity index (χ1) is 9.74. The summed E-state index contributed by atoms with van der Waals surface area (Å²) in [6, 6.07) is 4.00. The lowest BCUT2D eigenvalue weighted by molar-refractivity contribution is 0.0950. The summed E-state index contributed by atoms with van der Waals surface area (Å²) in [7, 11) is 0. The average molecular weight is 294 g/mol. The van der Waals surface area contributed by atoms with E-state index in [2.05, 4.69) is 27.1 Å². The van der Waals surface area contributed by atoms with E-state index in [4.69, 9.17) is 0 Å². The highest BCUT2D eigenvalue weighted by Gasteiger charge is 2.24. The van der Waals surface area contributed by atoms with Gasteiger partial charge in [0.1, 0.15) is 5.82 Å². The molecule has 0 spiro atoms. The third-order valence-electron chi connectivity index (χ3n) is 3.57. The van der Waals surface area contributed by atoms with Crippen LogP contribution in [0.5, 0.6) is 0 Å². The van der Waals surface area contributed by atoms with Gasteiger partial charge in [0.2, 0.25) is 0 Å². The smallest absolute Gasteiger partial charge is 0.271 e. The van der Waals surface area contributed by atoms with Gasteiger partial charge in [-0.25, -0.2) is 0 Å². The third kappa shape index (κ3) is 3.85. The number of amides is 1. The number of rotatable bonds is 5. The number of carbonyl (C=O) groups excluding carboxylic acids is 1. The molecule has 1 saturated carbocycles. The largest absolute Gasteiger partial charge is 0.365 e. The van der Waals surface area contributed by atoms with Crippen LogP contribution in [-0.2, 0) is 0 Å². The van der Waals surface area contributed by atoms with E-state index in [1.165, 1.54) is 25.7 Å². The molecule has 2 unspecified atom stereocenters. The van der Waals surface area contributed by atoms with E-state index in [0.29, 0.717) is 23.5 Å². The van der Waals surface area contributed by atoms with Crippen LogP contribution >= 0.6 is 11.8 Å². The fourth-order valence-electron chi connectivity index (χ4n) is 2.52. The van der Waals surface area contributed by atoms with Crippen molar-refractivity contribution >= 4 is 23.5 Å². The van der Waals surface area contributed by atoms with Crippen molar-refractivity contribution in [2.45, 2.75) is 43.9 Å². The summed E-state index contributed by atoms with van der Waals surface area (Å²) in [4.78, 5) is 11.6. The van der Waals surface area contributed by atoms with Crippen LogP contribution in [0, 0.1) is 0 Å². The lowest BCUT2D eigenvalue weighted by atomic mass is 9.95. The Morgan fingerprint density at radius 1 is 1.35 bits per heavy atom. The van der Waals surface area contributed by atoms with E-state index < -0.39 is 0 Å². The Hall–Kier alpha value is -1.30. The number of anilines is 1. The second-order valence-corrected chi connectivity index (χ2v) is 6.05. The molecule has 0 aliphatic heterocycles. The van der Waals surface area contributed by atoms with E-state index in [1.807, 2.05) is 24.8 Å². The second-order valence-electron chi connectivity index (χ2n) is 4.97. The third-order valence-corrected chi connectivity index (χ3v) is 4.74. The van der Waals surface area contributed by atoms with Crippen molar-refractivity contribution < 1.29 is 4.79 Å². The van der Waals surface area contributed by atoms with Crippen LogP contribution in [0.25, 0.3) is 0 Å². The van der Waals surface area contributed by atoms with Gasteiger partial charge in [0.05, 0.1) is 0 Å². The van der Waals surface area contributed by atoms with Crippen LogP contribution < -0.4 is 10.6 Å². The number of thioether (sulfide) groups is 1. The van der Waals surface area contributed by atoms with Crippen molar-refractivity contribution in [2.75, 3.05) is 18.1 Å². The fourth-order valence-corrected chi connectivity index (χ4v) is 3.45. The molecule has 1 aromatic rings. The predicted molar refractivity (Wildman–Crippen MR) is 83.2 cm³/mol. The van der Waals surface area contributed by atoms with Crippen molar-refractivity contribution in [3.8, 4) is 0 Å². The molecule has 0 bridgehead atoms. The highest BCUT2D eigenvalue weighted by atomic mass is 32.2. The van der Waals surface area contributed by atoms with Gasteiger partial charge in [0, 0.05) is 17.8 Å². The molecule has 110 valence electrons. The normalized spacial score (nSPS) is 22.3. The first-order valence-electron chi connectivity index (χ1n) is 7.16. The van der Waals surface area contributed by atoms with Gasteiger partial charge in [-0.3, -0.25) is 4.79 Å². The molecular formula is C14H22N4OS. The van der Waals surface area contributed by atoms with Gasteiger partial charge in [0.25, 0.3) is 5.91 Å². The summed E-state index contributed by atoms with van der Waals surface area (Å²) < 4.78 is 0. The summed E-state index contributed by atoms with van der Waals surface area (Å²) in [5.41, 5.74) is 0.363. The Morgan fingerprint density at radius 2 is 2.15 bits per heavy atom. The molecule has 6 heteroatoms. The van der Waals surface area contributed by atoms with Crippen LogP contribution in [0.1, 0.15) is 43.1 Å². The molecule has 1 fully saturated rings. The summed E-state index contributed by atoms with van der Waals surface area (Å²) in [6.45, 7) is 2.48. The molecule has 1 amide bonds. The first-order valence-corrected chi connectivity index (χ1v) is 8.44. The quantitative estimate of drug-likeness (QED) is 0.872. The Bertz CT molecular complexity index is 437. The van der Waals surface area contributed by atoms with E-state index >= 15 is 0 Å². The minimum absolute atomic E-state index is 0.175. The van der Waals surface area contributed by atoms with Crippen molar-refractivity contribution in [3.63, 3.8) is 0 Å². The maximum atomic E-state index is 11.6. The molecule has 0 radical (unpaired) electrons. The monoisotopic (exact) mass is 294 g/mol. The van der Waals surface area contributed by atoms with Crippen LogP contribution in [0.3, 0.4) is 0 Å². The van der Waals surface area contributed by atoms with Gasteiger partial charge >= 0.3 is 0 Å². The Balaban J connectivity index is 1.97. The van der Waals surface area contributed by atoms with Crippen LogP contribution in [0.15, 0.2) is 12.1 Å². The number of nitrogens with zero attached hydrogens (tertiary/aromatic N) is 2. The lowest BCUT2D eigenvalue weighted by Gasteiger charge is -2.31. The molecule has 0 saturated heterocycles. The zero-order valence-corrected chi connectivity index (χ0v) is 12.9. The van der Waals surface area contributed by atoms with Crippen molar-refractivity contribution in [2.24, 2.45) is 0 Å². The Labute approximate surface area is 124 Å². The number of hydrogen-bond acceptors (Lipinski definition) is 5. The van der Waals surface area contributed by atoms with Gasteiger partial charge in [-0.1, -0.05) is 12.8 Å². The van der Waals surface area contributed by atoms with Crippen LogP contribution in [0.2, 0.25) is 0 Å². The van der Waals surface area contributed by atoms with Gasteiger partial charge < -0.3 is 10.6 Å². The lowest BCUT2D eigenvalue weighted by Crippen LogP contribution is -2.34. The van der Waals surface area contributed by atoms with Gasteiger partial charge in [-0.15, -0.1) is 10.2 Å². The van der Waals surface area contributed by atoms with Crippen LogP contribution in [0.4, 0.5) is 5.82 Å². The second kappa shape index (κ2) is 7.47. The average Bonchev–Trinajstić information content (AvgIpc) is 2.49. The maximum absolute atomic E-state index is 11.6. The Morgan fingerprint density at radius 3 is 2.80 bits per heavy atom. The van der Waals surface area contributed by atoms with Gasteiger partial charge in [0.15, 0.2) is 5.69 Å². The molecule has 5 nitrogen and oxygen atoms in total. The van der Waals surface area contributed by atoms with E-state index in [1.54, 1.807) is 6.07 Å². The number of carbonyl (C=O) groups is 1. The zero-order valence-electron chi connectivity index (χ0n) is 12.1. The SMILES string of the molecule is CCNC(=O)c1ccc(NC2CCCCC2SC)nn1. The van der Waals surface area contributed by atoms with Crippen molar-refractivity contribution in [1.29, 1.82) is 0 Å². The summed E-state index contributed by atoms with van der Waals surface area (Å²) in [5, 5.41) is 14.9. The molecule has 2 N–H and O–H groups in total. The van der Waals surface area contributed by atoms with E-state index in [0.717, 1.165) is 5.82 Å². The minimum Gasteiger partial charge on any atom is -0.365 e. The first kappa shape index (κ1) is 15.1.